The van der Waals surface area contributed by atoms with Crippen LogP contribution in [0.25, 0.3) is 0 Å². The lowest BCUT2D eigenvalue weighted by atomic mass is 10.2. The lowest BCUT2D eigenvalue weighted by Gasteiger charge is -2.26. The van der Waals surface area contributed by atoms with Gasteiger partial charge < -0.3 is 9.64 Å². The number of ether oxygens (including phenoxy) is 1. The van der Waals surface area contributed by atoms with Crippen LogP contribution >= 0.6 is 11.6 Å². The predicted molar refractivity (Wildman–Crippen MR) is 70.6 cm³/mol. The number of nitrogens with zero attached hydrogens (tertiary/aromatic N) is 1. The van der Waals surface area contributed by atoms with E-state index in [0.29, 0.717) is 38.5 Å². The molecule has 0 aliphatic carbocycles. The van der Waals surface area contributed by atoms with Gasteiger partial charge in [-0.3, -0.25) is 4.79 Å². The average Bonchev–Trinajstić information content (AvgIpc) is 2.33. The molecule has 1 unspecified atom stereocenters. The molecule has 5 nitrogen and oxygen atoms in total. The molecule has 0 N–H and O–H groups in total. The molecule has 0 aromatic heterocycles. The molecule has 0 saturated carbocycles. The number of hydrogen-bond donors (Lipinski definition) is 0. The number of carbonyl (C=O) groups excluding carboxylic acids is 1. The highest BCUT2D eigenvalue weighted by Crippen LogP contribution is 2.21. The van der Waals surface area contributed by atoms with Crippen molar-refractivity contribution in [3.63, 3.8) is 0 Å². The normalized spacial score (nSPS) is 22.7. The number of halogens is 1. The smallest absolute Gasteiger partial charge is 0.240 e. The monoisotopic (exact) mass is 297 g/mol. The Morgan fingerprint density at radius 3 is 2.72 bits per heavy atom. The summed E-state index contributed by atoms with van der Waals surface area (Å²) >= 11 is 5.45. The number of amides is 1. The van der Waals surface area contributed by atoms with Crippen molar-refractivity contribution >= 4 is 27.3 Å². The van der Waals surface area contributed by atoms with Crippen LogP contribution in [0.3, 0.4) is 0 Å². The average molecular weight is 298 g/mol. The van der Waals surface area contributed by atoms with E-state index >= 15 is 0 Å². The van der Waals surface area contributed by atoms with E-state index in [-0.39, 0.29) is 11.7 Å². The Hall–Kier alpha value is -0.330. The van der Waals surface area contributed by atoms with Crippen LogP contribution in [-0.4, -0.2) is 62.9 Å². The number of rotatable bonds is 6. The van der Waals surface area contributed by atoms with Gasteiger partial charge in [-0.05, 0) is 12.8 Å². The Balaban J connectivity index is 2.47. The molecular formula is C11H20ClNO4S. The van der Waals surface area contributed by atoms with Crippen molar-refractivity contribution in [3.8, 4) is 0 Å². The Morgan fingerprint density at radius 2 is 2.11 bits per heavy atom. The van der Waals surface area contributed by atoms with Gasteiger partial charge in [0, 0.05) is 19.5 Å². The van der Waals surface area contributed by atoms with Gasteiger partial charge in [-0.1, -0.05) is 6.42 Å². The van der Waals surface area contributed by atoms with E-state index in [2.05, 4.69) is 0 Å². The number of alkyl halides is 1. The molecule has 0 aromatic carbocycles. The van der Waals surface area contributed by atoms with Crippen molar-refractivity contribution < 1.29 is 17.9 Å². The standard InChI is InChI=1S/C11H20ClNO4S/c1-13(6-8-17-7-5-12)11(14)10-4-2-3-9-18(10,15)16/h10H,2-9H2,1H3. The largest absolute Gasteiger partial charge is 0.378 e. The molecular weight excluding hydrogens is 278 g/mol. The fraction of sp³-hybridized carbons (Fsp3) is 0.909. The molecule has 1 amide bonds. The van der Waals surface area contributed by atoms with Crippen LogP contribution in [0.15, 0.2) is 0 Å². The van der Waals surface area contributed by atoms with Crippen LogP contribution in [0, 0.1) is 0 Å². The lowest BCUT2D eigenvalue weighted by Crippen LogP contribution is -2.44. The Kier molecular flexibility index (Phi) is 6.38. The van der Waals surface area contributed by atoms with Gasteiger partial charge in [-0.2, -0.15) is 0 Å². The SMILES string of the molecule is CN(CCOCCCl)C(=O)C1CCCCS1(=O)=O. The van der Waals surface area contributed by atoms with Gasteiger partial charge in [0.15, 0.2) is 9.84 Å². The second kappa shape index (κ2) is 7.31. The Bertz CT molecular complexity index is 371. The van der Waals surface area contributed by atoms with Crippen LogP contribution in [0.1, 0.15) is 19.3 Å². The van der Waals surface area contributed by atoms with E-state index in [4.69, 9.17) is 16.3 Å². The molecule has 1 heterocycles. The molecule has 1 fully saturated rings. The number of carbonyl (C=O) groups is 1. The maximum Gasteiger partial charge on any atom is 0.240 e. The summed E-state index contributed by atoms with van der Waals surface area (Å²) in [5.74, 6) is 0.221. The minimum Gasteiger partial charge on any atom is -0.378 e. The Labute approximate surface area is 113 Å². The zero-order chi connectivity index (χ0) is 13.6. The molecule has 1 aliphatic heterocycles. The fourth-order valence-corrected chi connectivity index (χ4v) is 3.96. The van der Waals surface area contributed by atoms with E-state index in [9.17, 15) is 13.2 Å². The van der Waals surface area contributed by atoms with E-state index in [1.54, 1.807) is 7.05 Å². The van der Waals surface area contributed by atoms with E-state index < -0.39 is 15.1 Å². The first-order valence-electron chi connectivity index (χ1n) is 6.09. The van der Waals surface area contributed by atoms with Crippen molar-refractivity contribution in [2.75, 3.05) is 38.4 Å². The third kappa shape index (κ3) is 4.40. The van der Waals surface area contributed by atoms with Crippen LogP contribution < -0.4 is 0 Å². The summed E-state index contributed by atoms with van der Waals surface area (Å²) in [6, 6.07) is 0. The molecule has 7 heteroatoms. The predicted octanol–water partition coefficient (Wildman–Crippen LogP) is 0.667. The zero-order valence-electron chi connectivity index (χ0n) is 10.6. The van der Waals surface area contributed by atoms with Gasteiger partial charge in [-0.15, -0.1) is 11.6 Å². The summed E-state index contributed by atoms with van der Waals surface area (Å²) in [7, 11) is -1.65. The molecule has 0 bridgehead atoms. The van der Waals surface area contributed by atoms with Crippen molar-refractivity contribution in [2.45, 2.75) is 24.5 Å². The van der Waals surface area contributed by atoms with Gasteiger partial charge in [0.05, 0.1) is 19.0 Å². The summed E-state index contributed by atoms with van der Waals surface area (Å²) in [5.41, 5.74) is 0. The first kappa shape index (κ1) is 15.7. The first-order chi connectivity index (χ1) is 8.49. The number of sulfone groups is 1. The van der Waals surface area contributed by atoms with Gasteiger partial charge in [0.2, 0.25) is 5.91 Å². The summed E-state index contributed by atoms with van der Waals surface area (Å²) in [5, 5.41) is -0.857. The summed E-state index contributed by atoms with van der Waals surface area (Å²) < 4.78 is 28.8. The maximum atomic E-state index is 12.0. The van der Waals surface area contributed by atoms with Crippen LogP contribution in [-0.2, 0) is 19.4 Å². The van der Waals surface area contributed by atoms with E-state index in [0.717, 1.165) is 6.42 Å². The van der Waals surface area contributed by atoms with Crippen molar-refractivity contribution in [2.24, 2.45) is 0 Å². The van der Waals surface area contributed by atoms with Gasteiger partial charge in [0.1, 0.15) is 5.25 Å². The summed E-state index contributed by atoms with van der Waals surface area (Å²) in [4.78, 5) is 13.5. The second-order valence-electron chi connectivity index (χ2n) is 4.41. The molecule has 0 spiro atoms. The van der Waals surface area contributed by atoms with Gasteiger partial charge in [0.25, 0.3) is 0 Å². The molecule has 1 atom stereocenters. The third-order valence-corrected chi connectivity index (χ3v) is 5.34. The van der Waals surface area contributed by atoms with E-state index in [1.807, 2.05) is 0 Å². The van der Waals surface area contributed by atoms with Crippen LogP contribution in [0.2, 0.25) is 0 Å². The summed E-state index contributed by atoms with van der Waals surface area (Å²) in [6.45, 7) is 1.20. The minimum absolute atomic E-state index is 0.125. The molecule has 18 heavy (non-hydrogen) atoms. The zero-order valence-corrected chi connectivity index (χ0v) is 12.2. The second-order valence-corrected chi connectivity index (χ2v) is 7.09. The van der Waals surface area contributed by atoms with E-state index in [1.165, 1.54) is 4.90 Å². The first-order valence-corrected chi connectivity index (χ1v) is 8.34. The van der Waals surface area contributed by atoms with Crippen molar-refractivity contribution in [1.29, 1.82) is 0 Å². The topological polar surface area (TPSA) is 63.7 Å². The molecule has 1 saturated heterocycles. The molecule has 106 valence electrons. The molecule has 1 rings (SSSR count). The molecule has 0 aromatic rings. The Morgan fingerprint density at radius 1 is 1.39 bits per heavy atom. The van der Waals surface area contributed by atoms with Crippen molar-refractivity contribution in [3.05, 3.63) is 0 Å². The highest BCUT2D eigenvalue weighted by atomic mass is 35.5. The highest BCUT2D eigenvalue weighted by Gasteiger charge is 2.36. The fourth-order valence-electron chi connectivity index (χ4n) is 1.95. The van der Waals surface area contributed by atoms with Crippen LogP contribution in [0.5, 0.6) is 0 Å². The minimum atomic E-state index is -3.26. The maximum absolute atomic E-state index is 12.0. The number of hydrogen-bond acceptors (Lipinski definition) is 4. The van der Waals surface area contributed by atoms with Gasteiger partial charge in [-0.25, -0.2) is 8.42 Å². The van der Waals surface area contributed by atoms with Crippen molar-refractivity contribution in [1.82, 2.24) is 4.90 Å². The number of likely N-dealkylation sites (N-methyl/N-ethyl adjacent to an activating group) is 1. The molecule has 1 aliphatic rings. The highest BCUT2D eigenvalue weighted by molar-refractivity contribution is 7.92. The summed E-state index contributed by atoms with van der Waals surface area (Å²) in [6.07, 6.45) is 1.90. The van der Waals surface area contributed by atoms with Gasteiger partial charge >= 0.3 is 0 Å². The van der Waals surface area contributed by atoms with Crippen LogP contribution in [0.4, 0.5) is 0 Å². The third-order valence-electron chi connectivity index (χ3n) is 3.02. The quantitative estimate of drug-likeness (QED) is 0.534. The lowest BCUT2D eigenvalue weighted by molar-refractivity contribution is -0.130. The molecule has 0 radical (unpaired) electrons.